The van der Waals surface area contributed by atoms with Gasteiger partial charge in [0.2, 0.25) is 0 Å². The maximum atomic E-state index is 8.78. The highest BCUT2D eigenvalue weighted by molar-refractivity contribution is 5.57. The molecule has 0 spiro atoms. The van der Waals surface area contributed by atoms with Crippen LogP contribution in [0.5, 0.6) is 0 Å². The van der Waals surface area contributed by atoms with E-state index in [0.717, 1.165) is 17.2 Å². The van der Waals surface area contributed by atoms with Crippen LogP contribution in [0.4, 0.5) is 0 Å². The molecule has 2 rings (SSSR count). The van der Waals surface area contributed by atoms with Crippen molar-refractivity contribution in [3.05, 3.63) is 35.7 Å². The number of aromatic nitrogens is 3. The molecule has 0 saturated carbocycles. The number of hydrogen-bond acceptors (Lipinski definition) is 4. The zero-order valence-electron chi connectivity index (χ0n) is 10.5. The minimum atomic E-state index is 0.240. The molecule has 1 heterocycles. The summed E-state index contributed by atoms with van der Waals surface area (Å²) in [6.45, 7) is 4.49. The predicted octanol–water partition coefficient (Wildman–Crippen LogP) is 1.86. The van der Waals surface area contributed by atoms with Gasteiger partial charge in [-0.1, -0.05) is 0 Å². The monoisotopic (exact) mass is 241 g/mol. The van der Waals surface area contributed by atoms with Crippen molar-refractivity contribution in [1.82, 2.24) is 14.8 Å². The fourth-order valence-corrected chi connectivity index (χ4v) is 1.90. The van der Waals surface area contributed by atoms with Crippen LogP contribution in [0.3, 0.4) is 0 Å². The van der Waals surface area contributed by atoms with Gasteiger partial charge in [0.05, 0.1) is 18.2 Å². The summed E-state index contributed by atoms with van der Waals surface area (Å²) in [7, 11) is 0. The Balaban J connectivity index is 2.50. The third-order valence-corrected chi connectivity index (χ3v) is 2.74. The van der Waals surface area contributed by atoms with Gasteiger partial charge in [0.15, 0.2) is 5.82 Å². The van der Waals surface area contributed by atoms with Gasteiger partial charge < -0.3 is 10.3 Å². The second kappa shape index (κ2) is 4.98. The molecule has 5 nitrogen and oxygen atoms in total. The molecule has 2 aromatic rings. The Kier molecular flexibility index (Phi) is 3.40. The summed E-state index contributed by atoms with van der Waals surface area (Å²) in [6.07, 6.45) is 0. The lowest BCUT2D eigenvalue weighted by atomic mass is 10.1. The van der Waals surface area contributed by atoms with Gasteiger partial charge in [0, 0.05) is 11.6 Å². The van der Waals surface area contributed by atoms with Crippen LogP contribution < -0.4 is 5.73 Å². The summed E-state index contributed by atoms with van der Waals surface area (Å²) in [4.78, 5) is 0. The number of nitriles is 1. The molecule has 0 radical (unpaired) electrons. The molecule has 0 amide bonds. The Morgan fingerprint density at radius 2 is 1.94 bits per heavy atom. The van der Waals surface area contributed by atoms with Gasteiger partial charge in [0.25, 0.3) is 0 Å². The van der Waals surface area contributed by atoms with E-state index in [2.05, 4.69) is 30.1 Å². The second-order valence-corrected chi connectivity index (χ2v) is 4.30. The molecule has 18 heavy (non-hydrogen) atoms. The molecule has 0 aliphatic rings. The first-order valence-electron chi connectivity index (χ1n) is 5.81. The Labute approximate surface area is 106 Å². The Morgan fingerprint density at radius 3 is 2.44 bits per heavy atom. The van der Waals surface area contributed by atoms with Crippen molar-refractivity contribution in [2.45, 2.75) is 26.4 Å². The number of rotatable bonds is 3. The summed E-state index contributed by atoms with van der Waals surface area (Å²) in [6, 6.07) is 9.64. The standard InChI is InChI=1S/C13H15N5/c1-9(2)18-12(8-15)16-17-13(18)11-5-3-10(7-14)4-6-11/h3-6,9H,8,15H2,1-2H3. The van der Waals surface area contributed by atoms with Crippen molar-refractivity contribution < 1.29 is 0 Å². The van der Waals surface area contributed by atoms with E-state index in [4.69, 9.17) is 11.0 Å². The number of hydrogen-bond donors (Lipinski definition) is 1. The van der Waals surface area contributed by atoms with E-state index in [9.17, 15) is 0 Å². The van der Waals surface area contributed by atoms with Crippen LogP contribution in [0.2, 0.25) is 0 Å². The molecular weight excluding hydrogens is 226 g/mol. The number of nitrogens with zero attached hydrogens (tertiary/aromatic N) is 4. The molecule has 0 saturated heterocycles. The topological polar surface area (TPSA) is 80.5 Å². The van der Waals surface area contributed by atoms with E-state index < -0.39 is 0 Å². The Bertz CT molecular complexity index is 574. The largest absolute Gasteiger partial charge is 0.324 e. The minimum absolute atomic E-state index is 0.240. The lowest BCUT2D eigenvalue weighted by molar-refractivity contribution is 0.574. The molecule has 1 aromatic carbocycles. The molecule has 0 aliphatic heterocycles. The maximum absolute atomic E-state index is 8.78. The van der Waals surface area contributed by atoms with Crippen LogP contribution in [0.1, 0.15) is 31.3 Å². The highest BCUT2D eigenvalue weighted by atomic mass is 15.3. The third kappa shape index (κ3) is 2.11. The van der Waals surface area contributed by atoms with Gasteiger partial charge in [-0.3, -0.25) is 0 Å². The van der Waals surface area contributed by atoms with Gasteiger partial charge in [-0.05, 0) is 38.1 Å². The summed E-state index contributed by atoms with van der Waals surface area (Å²) >= 11 is 0. The van der Waals surface area contributed by atoms with Gasteiger partial charge in [-0.2, -0.15) is 5.26 Å². The van der Waals surface area contributed by atoms with Crippen molar-refractivity contribution in [1.29, 1.82) is 5.26 Å². The molecule has 0 aliphatic carbocycles. The molecule has 92 valence electrons. The Hall–Kier alpha value is -2.19. The highest BCUT2D eigenvalue weighted by Gasteiger charge is 2.14. The summed E-state index contributed by atoms with van der Waals surface area (Å²) in [5.41, 5.74) is 7.23. The SMILES string of the molecule is CC(C)n1c(CN)nnc1-c1ccc(C#N)cc1. The number of nitrogens with two attached hydrogens (primary N) is 1. The van der Waals surface area contributed by atoms with E-state index in [1.165, 1.54) is 0 Å². The van der Waals surface area contributed by atoms with Crippen molar-refractivity contribution in [2.75, 3.05) is 0 Å². The fourth-order valence-electron chi connectivity index (χ4n) is 1.90. The molecule has 1 aromatic heterocycles. The van der Waals surface area contributed by atoms with Gasteiger partial charge >= 0.3 is 0 Å². The lowest BCUT2D eigenvalue weighted by Gasteiger charge is -2.13. The zero-order valence-corrected chi connectivity index (χ0v) is 10.5. The smallest absolute Gasteiger partial charge is 0.164 e. The first-order chi connectivity index (χ1) is 8.67. The van der Waals surface area contributed by atoms with E-state index in [1.807, 2.05) is 16.7 Å². The van der Waals surface area contributed by atoms with E-state index in [1.54, 1.807) is 12.1 Å². The first-order valence-corrected chi connectivity index (χ1v) is 5.81. The third-order valence-electron chi connectivity index (χ3n) is 2.74. The molecular formula is C13H15N5. The summed E-state index contributed by atoms with van der Waals surface area (Å²) in [5.74, 6) is 1.55. The van der Waals surface area contributed by atoms with E-state index >= 15 is 0 Å². The van der Waals surface area contributed by atoms with E-state index in [0.29, 0.717) is 12.1 Å². The molecule has 5 heteroatoms. The molecule has 0 bridgehead atoms. The molecule has 0 fully saturated rings. The number of benzene rings is 1. The Morgan fingerprint density at radius 1 is 1.28 bits per heavy atom. The van der Waals surface area contributed by atoms with Crippen molar-refractivity contribution in [2.24, 2.45) is 5.73 Å². The first kappa shape index (κ1) is 12.3. The minimum Gasteiger partial charge on any atom is -0.324 e. The van der Waals surface area contributed by atoms with Gasteiger partial charge in [0.1, 0.15) is 5.82 Å². The van der Waals surface area contributed by atoms with Crippen LogP contribution in [0, 0.1) is 11.3 Å². The molecule has 0 atom stereocenters. The maximum Gasteiger partial charge on any atom is 0.164 e. The molecule has 0 unspecified atom stereocenters. The normalized spacial score (nSPS) is 10.6. The average Bonchev–Trinajstić information content (AvgIpc) is 2.82. The lowest BCUT2D eigenvalue weighted by Crippen LogP contribution is -2.11. The van der Waals surface area contributed by atoms with Crippen LogP contribution in [-0.4, -0.2) is 14.8 Å². The fraction of sp³-hybridized carbons (Fsp3) is 0.308. The average molecular weight is 241 g/mol. The van der Waals surface area contributed by atoms with Crippen molar-refractivity contribution in [3.63, 3.8) is 0 Å². The summed E-state index contributed by atoms with van der Waals surface area (Å²) < 4.78 is 2.02. The highest BCUT2D eigenvalue weighted by Crippen LogP contribution is 2.22. The quantitative estimate of drug-likeness (QED) is 0.889. The van der Waals surface area contributed by atoms with Crippen LogP contribution in [-0.2, 0) is 6.54 Å². The molecule has 2 N–H and O–H groups in total. The van der Waals surface area contributed by atoms with Crippen LogP contribution >= 0.6 is 0 Å². The van der Waals surface area contributed by atoms with Gasteiger partial charge in [-0.15, -0.1) is 10.2 Å². The van der Waals surface area contributed by atoms with Crippen LogP contribution in [0.25, 0.3) is 11.4 Å². The van der Waals surface area contributed by atoms with Gasteiger partial charge in [-0.25, -0.2) is 0 Å². The van der Waals surface area contributed by atoms with E-state index in [-0.39, 0.29) is 6.04 Å². The zero-order chi connectivity index (χ0) is 13.1. The summed E-state index contributed by atoms with van der Waals surface area (Å²) in [5, 5.41) is 17.1. The van der Waals surface area contributed by atoms with Crippen molar-refractivity contribution in [3.8, 4) is 17.5 Å². The second-order valence-electron chi connectivity index (χ2n) is 4.30. The van der Waals surface area contributed by atoms with Crippen molar-refractivity contribution >= 4 is 0 Å². The predicted molar refractivity (Wildman–Crippen MR) is 68.4 cm³/mol. The van der Waals surface area contributed by atoms with Crippen LogP contribution in [0.15, 0.2) is 24.3 Å².